The maximum Gasteiger partial charge on any atom is 0.210 e. The standard InChI is InChI=1S/C20H19FO4S/c1-12-5-6-14(11-16(12)21)17-18(25-20(2,3)19(17)22)13-7-9-15(10-8-13)26(4,23)24/h5-11H,1-4H3. The highest BCUT2D eigenvalue weighted by Gasteiger charge is 2.42. The highest BCUT2D eigenvalue weighted by Crippen LogP contribution is 2.41. The molecule has 6 heteroatoms. The number of aryl methyl sites for hydroxylation is 1. The average molecular weight is 374 g/mol. The lowest BCUT2D eigenvalue weighted by atomic mass is 9.92. The third-order valence-electron chi connectivity index (χ3n) is 4.36. The lowest BCUT2D eigenvalue weighted by Gasteiger charge is -2.17. The van der Waals surface area contributed by atoms with Gasteiger partial charge >= 0.3 is 0 Å². The van der Waals surface area contributed by atoms with Crippen LogP contribution in [0.1, 0.15) is 30.5 Å². The predicted octanol–water partition coefficient (Wildman–Crippen LogP) is 3.78. The number of carbonyl (C=O) groups excluding carboxylic acids is 1. The van der Waals surface area contributed by atoms with E-state index in [0.29, 0.717) is 28.0 Å². The van der Waals surface area contributed by atoms with Crippen molar-refractivity contribution in [2.75, 3.05) is 6.26 Å². The van der Waals surface area contributed by atoms with Gasteiger partial charge in [-0.15, -0.1) is 0 Å². The maximum absolute atomic E-state index is 14.0. The summed E-state index contributed by atoms with van der Waals surface area (Å²) >= 11 is 0. The van der Waals surface area contributed by atoms with E-state index in [0.717, 1.165) is 6.26 Å². The average Bonchev–Trinajstić information content (AvgIpc) is 2.80. The zero-order valence-corrected chi connectivity index (χ0v) is 15.8. The van der Waals surface area contributed by atoms with Gasteiger partial charge in [0.2, 0.25) is 5.78 Å². The number of rotatable bonds is 3. The first-order valence-corrected chi connectivity index (χ1v) is 9.95. The van der Waals surface area contributed by atoms with Gasteiger partial charge in [-0.05, 0) is 62.2 Å². The van der Waals surface area contributed by atoms with Crippen molar-refractivity contribution >= 4 is 27.0 Å². The van der Waals surface area contributed by atoms with E-state index >= 15 is 0 Å². The van der Waals surface area contributed by atoms with E-state index in [9.17, 15) is 17.6 Å². The molecule has 0 saturated carbocycles. The first-order chi connectivity index (χ1) is 12.0. The summed E-state index contributed by atoms with van der Waals surface area (Å²) in [6, 6.07) is 10.7. The van der Waals surface area contributed by atoms with Gasteiger partial charge in [0.25, 0.3) is 0 Å². The van der Waals surface area contributed by atoms with E-state index in [4.69, 9.17) is 4.74 Å². The highest BCUT2D eigenvalue weighted by atomic mass is 32.2. The van der Waals surface area contributed by atoms with E-state index in [1.54, 1.807) is 45.0 Å². The van der Waals surface area contributed by atoms with Crippen molar-refractivity contribution in [3.8, 4) is 0 Å². The quantitative estimate of drug-likeness (QED) is 0.820. The Balaban J connectivity index is 2.18. The van der Waals surface area contributed by atoms with Gasteiger partial charge < -0.3 is 4.74 Å². The smallest absolute Gasteiger partial charge is 0.210 e. The second-order valence-corrected chi connectivity index (χ2v) is 8.92. The lowest BCUT2D eigenvalue weighted by molar-refractivity contribution is -0.125. The molecule has 4 nitrogen and oxygen atoms in total. The minimum absolute atomic E-state index is 0.174. The number of ketones is 1. The number of sulfone groups is 1. The molecule has 0 radical (unpaired) electrons. The Morgan fingerprint density at radius 2 is 1.58 bits per heavy atom. The predicted molar refractivity (Wildman–Crippen MR) is 97.7 cm³/mol. The summed E-state index contributed by atoms with van der Waals surface area (Å²) < 4.78 is 43.2. The van der Waals surface area contributed by atoms with Gasteiger partial charge in [0, 0.05) is 11.8 Å². The number of carbonyl (C=O) groups is 1. The summed E-state index contributed by atoms with van der Waals surface area (Å²) in [6.45, 7) is 4.95. The van der Waals surface area contributed by atoms with E-state index in [2.05, 4.69) is 0 Å². The molecule has 1 aliphatic rings. The van der Waals surface area contributed by atoms with Gasteiger partial charge in [-0.2, -0.15) is 0 Å². The fraction of sp³-hybridized carbons (Fsp3) is 0.250. The highest BCUT2D eigenvalue weighted by molar-refractivity contribution is 7.90. The second-order valence-electron chi connectivity index (χ2n) is 6.91. The Morgan fingerprint density at radius 3 is 2.12 bits per heavy atom. The van der Waals surface area contributed by atoms with E-state index in [1.807, 2.05) is 0 Å². The Bertz CT molecular complexity index is 1030. The lowest BCUT2D eigenvalue weighted by Crippen LogP contribution is -2.29. The molecule has 2 aromatic rings. The fourth-order valence-electron chi connectivity index (χ4n) is 2.82. The van der Waals surface area contributed by atoms with Crippen LogP contribution in [0.25, 0.3) is 11.3 Å². The molecular weight excluding hydrogens is 355 g/mol. The van der Waals surface area contributed by atoms with Gasteiger partial charge in [0.1, 0.15) is 11.6 Å². The molecule has 1 aliphatic heterocycles. The number of halogens is 1. The molecule has 0 bridgehead atoms. The zero-order valence-electron chi connectivity index (χ0n) is 15.0. The monoisotopic (exact) mass is 374 g/mol. The van der Waals surface area contributed by atoms with Crippen molar-refractivity contribution in [3.63, 3.8) is 0 Å². The van der Waals surface area contributed by atoms with Crippen LogP contribution < -0.4 is 0 Å². The molecule has 3 rings (SSSR count). The molecule has 0 fully saturated rings. The van der Waals surface area contributed by atoms with E-state index in [1.165, 1.54) is 18.2 Å². The third kappa shape index (κ3) is 3.17. The largest absolute Gasteiger partial charge is 0.478 e. The molecule has 0 amide bonds. The molecule has 0 spiro atoms. The van der Waals surface area contributed by atoms with Gasteiger partial charge in [0.05, 0.1) is 10.5 Å². The molecular formula is C20H19FO4S. The van der Waals surface area contributed by atoms with Crippen LogP contribution in [0.4, 0.5) is 4.39 Å². The van der Waals surface area contributed by atoms with Crippen LogP contribution in [0.15, 0.2) is 47.4 Å². The van der Waals surface area contributed by atoms with Gasteiger partial charge in [-0.3, -0.25) is 4.79 Å². The summed E-state index contributed by atoms with van der Waals surface area (Å²) in [7, 11) is -3.33. The molecule has 136 valence electrons. The number of Topliss-reactive ketones (excluding diaryl/α,β-unsaturated/α-hetero) is 1. The molecule has 0 saturated heterocycles. The molecule has 0 N–H and O–H groups in total. The molecule has 2 aromatic carbocycles. The van der Waals surface area contributed by atoms with Crippen LogP contribution in [-0.2, 0) is 19.4 Å². The fourth-order valence-corrected chi connectivity index (χ4v) is 3.45. The topological polar surface area (TPSA) is 60.4 Å². The second kappa shape index (κ2) is 6.06. The van der Waals surface area contributed by atoms with Crippen molar-refractivity contribution in [1.29, 1.82) is 0 Å². The number of benzene rings is 2. The van der Waals surface area contributed by atoms with Crippen LogP contribution in [-0.4, -0.2) is 26.1 Å². The zero-order chi connectivity index (χ0) is 19.3. The third-order valence-corrected chi connectivity index (χ3v) is 5.49. The first kappa shape index (κ1) is 18.3. The molecule has 0 aliphatic carbocycles. The SMILES string of the molecule is Cc1ccc(C2=C(c3ccc(S(C)(=O)=O)cc3)OC(C)(C)C2=O)cc1F. The van der Waals surface area contributed by atoms with Crippen LogP contribution in [0.5, 0.6) is 0 Å². The van der Waals surface area contributed by atoms with E-state index < -0.39 is 21.3 Å². The number of ether oxygens (including phenoxy) is 1. The maximum atomic E-state index is 14.0. The summed E-state index contributed by atoms with van der Waals surface area (Å²) in [5.74, 6) is -0.328. The Kier molecular flexibility index (Phi) is 4.27. The summed E-state index contributed by atoms with van der Waals surface area (Å²) in [5, 5.41) is 0. The Labute approximate surface area is 152 Å². The van der Waals surface area contributed by atoms with E-state index in [-0.39, 0.29) is 10.7 Å². The molecule has 26 heavy (non-hydrogen) atoms. The Morgan fingerprint density at radius 1 is 1.00 bits per heavy atom. The van der Waals surface area contributed by atoms with Gasteiger partial charge in [-0.25, -0.2) is 12.8 Å². The minimum atomic E-state index is -3.33. The molecule has 1 heterocycles. The van der Waals surface area contributed by atoms with Crippen molar-refractivity contribution in [2.45, 2.75) is 31.3 Å². The van der Waals surface area contributed by atoms with Gasteiger partial charge in [0.15, 0.2) is 15.4 Å². The van der Waals surface area contributed by atoms with Crippen molar-refractivity contribution < 1.29 is 22.3 Å². The van der Waals surface area contributed by atoms with Crippen molar-refractivity contribution in [1.82, 2.24) is 0 Å². The van der Waals surface area contributed by atoms with Crippen LogP contribution in [0.2, 0.25) is 0 Å². The molecule has 0 unspecified atom stereocenters. The van der Waals surface area contributed by atoms with Crippen LogP contribution in [0.3, 0.4) is 0 Å². The summed E-state index contributed by atoms with van der Waals surface area (Å²) in [6.07, 6.45) is 1.13. The normalized spacial score (nSPS) is 16.7. The summed E-state index contributed by atoms with van der Waals surface area (Å²) in [4.78, 5) is 13.0. The number of hydrogen-bond acceptors (Lipinski definition) is 4. The number of hydrogen-bond donors (Lipinski definition) is 0. The molecule has 0 aromatic heterocycles. The van der Waals surface area contributed by atoms with Crippen molar-refractivity contribution in [3.05, 3.63) is 65.0 Å². The first-order valence-electron chi connectivity index (χ1n) is 8.06. The van der Waals surface area contributed by atoms with Crippen LogP contribution >= 0.6 is 0 Å². The van der Waals surface area contributed by atoms with Gasteiger partial charge in [-0.1, -0.05) is 12.1 Å². The molecule has 0 atom stereocenters. The van der Waals surface area contributed by atoms with Crippen molar-refractivity contribution in [2.24, 2.45) is 0 Å². The Hall–Kier alpha value is -2.47. The summed E-state index contributed by atoms with van der Waals surface area (Å²) in [5.41, 5.74) is 0.694. The van der Waals surface area contributed by atoms with Crippen LogP contribution in [0, 0.1) is 12.7 Å². The minimum Gasteiger partial charge on any atom is -0.478 e.